The molecule has 1 aromatic rings. The van der Waals surface area contributed by atoms with Crippen LogP contribution in [0.2, 0.25) is 0 Å². The van der Waals surface area contributed by atoms with Gasteiger partial charge in [-0.1, -0.05) is 24.3 Å². The van der Waals surface area contributed by atoms with E-state index < -0.39 is 0 Å². The molecule has 2 bridgehead atoms. The van der Waals surface area contributed by atoms with Crippen LogP contribution in [0, 0.1) is 34.9 Å². The molecule has 1 aromatic carbocycles. The average molecular weight is 440 g/mol. The van der Waals surface area contributed by atoms with Crippen molar-refractivity contribution in [3.05, 3.63) is 47.8 Å². The minimum absolute atomic E-state index is 0.0382. The second-order valence-electron chi connectivity index (χ2n) is 10.1. The predicted octanol–water partition coefficient (Wildman–Crippen LogP) is 3.26. The maximum atomic E-state index is 13.2. The first kappa shape index (κ1) is 21.6. The van der Waals surface area contributed by atoms with Gasteiger partial charge in [0.05, 0.1) is 11.8 Å². The average Bonchev–Trinajstić information content (AvgIpc) is 3.16. The van der Waals surface area contributed by atoms with Gasteiger partial charge in [-0.2, -0.15) is 0 Å². The molecule has 3 fully saturated rings. The fourth-order valence-corrected chi connectivity index (χ4v) is 6.41. The molecule has 1 spiro atoms. The molecule has 2 saturated carbocycles. The summed E-state index contributed by atoms with van der Waals surface area (Å²) in [6, 6.07) is 6.18. The van der Waals surface area contributed by atoms with E-state index in [9.17, 15) is 14.0 Å². The van der Waals surface area contributed by atoms with Gasteiger partial charge in [0.1, 0.15) is 5.82 Å². The van der Waals surface area contributed by atoms with Crippen molar-refractivity contribution in [1.82, 2.24) is 15.5 Å². The Balaban J connectivity index is 1.17. The van der Waals surface area contributed by atoms with E-state index in [1.807, 2.05) is 0 Å². The third-order valence-electron chi connectivity index (χ3n) is 8.23. The summed E-state index contributed by atoms with van der Waals surface area (Å²) in [4.78, 5) is 28.9. The van der Waals surface area contributed by atoms with Gasteiger partial charge in [0, 0.05) is 13.1 Å². The van der Waals surface area contributed by atoms with E-state index in [4.69, 9.17) is 0 Å². The van der Waals surface area contributed by atoms with E-state index in [-0.39, 0.29) is 46.7 Å². The van der Waals surface area contributed by atoms with Crippen molar-refractivity contribution in [2.45, 2.75) is 45.1 Å². The third-order valence-corrected chi connectivity index (χ3v) is 8.23. The van der Waals surface area contributed by atoms with Gasteiger partial charge in [0.25, 0.3) is 0 Å². The Bertz CT molecular complexity index is 874. The molecule has 2 amide bonds. The fraction of sp³-hybridized carbons (Fsp3) is 0.615. The highest BCUT2D eigenvalue weighted by Gasteiger charge is 2.69. The lowest BCUT2D eigenvalue weighted by Crippen LogP contribution is -2.44. The summed E-state index contributed by atoms with van der Waals surface area (Å²) in [5, 5.41) is 6.17. The van der Waals surface area contributed by atoms with Crippen molar-refractivity contribution in [1.29, 1.82) is 0 Å². The van der Waals surface area contributed by atoms with Crippen molar-refractivity contribution in [2.24, 2.45) is 29.1 Å². The van der Waals surface area contributed by atoms with Crippen molar-refractivity contribution in [2.75, 3.05) is 26.2 Å². The van der Waals surface area contributed by atoms with Gasteiger partial charge >= 0.3 is 0 Å². The van der Waals surface area contributed by atoms with Gasteiger partial charge in [-0.15, -0.1) is 0 Å². The topological polar surface area (TPSA) is 61.4 Å². The lowest BCUT2D eigenvalue weighted by atomic mass is 9.81. The molecule has 1 aliphatic heterocycles. The number of carbonyl (C=O) groups is 2. The SMILES string of the molecule is O=C(NCCCCN1CCCC1)[C@H]1[C@H](C(=O)NCc2ccc(F)cc2)[C@@H]2C=C[C@H]1C21CC1. The minimum Gasteiger partial charge on any atom is -0.356 e. The summed E-state index contributed by atoms with van der Waals surface area (Å²) in [5.41, 5.74) is 0.994. The lowest BCUT2D eigenvalue weighted by Gasteiger charge is -2.26. The van der Waals surface area contributed by atoms with E-state index in [0.717, 1.165) is 37.8 Å². The quantitative estimate of drug-likeness (QED) is 0.459. The monoisotopic (exact) mass is 439 g/mol. The maximum absolute atomic E-state index is 13.2. The van der Waals surface area contributed by atoms with Gasteiger partial charge in [0.15, 0.2) is 0 Å². The number of amides is 2. The molecule has 1 saturated heterocycles. The molecular weight excluding hydrogens is 405 g/mol. The van der Waals surface area contributed by atoms with Gasteiger partial charge in [-0.3, -0.25) is 9.59 Å². The Morgan fingerprint density at radius 2 is 1.56 bits per heavy atom. The molecule has 4 aliphatic rings. The van der Waals surface area contributed by atoms with Crippen LogP contribution in [-0.4, -0.2) is 42.9 Å². The van der Waals surface area contributed by atoms with Crippen LogP contribution >= 0.6 is 0 Å². The van der Waals surface area contributed by atoms with E-state index in [1.165, 1.54) is 38.1 Å². The van der Waals surface area contributed by atoms with Crippen LogP contribution in [0.3, 0.4) is 0 Å². The predicted molar refractivity (Wildman–Crippen MR) is 121 cm³/mol. The van der Waals surface area contributed by atoms with E-state index in [0.29, 0.717) is 13.1 Å². The number of nitrogens with zero attached hydrogens (tertiary/aromatic N) is 1. The third kappa shape index (κ3) is 4.09. The highest BCUT2D eigenvalue weighted by atomic mass is 19.1. The Labute approximate surface area is 189 Å². The summed E-state index contributed by atoms with van der Waals surface area (Å²) in [5.74, 6) is -0.545. The standard InChI is InChI=1S/C26H34FN3O2/c27-19-7-5-18(6-8-19)17-29-25(32)23-21-10-9-20(26(21)11-12-26)22(23)24(31)28-13-1-2-14-30-15-3-4-16-30/h5-10,20-23H,1-4,11-17H2,(H,28,31)(H,29,32)/t20-,21+,22-,23-/m1/s1. The Hall–Kier alpha value is -2.21. The molecule has 3 aliphatic carbocycles. The molecule has 5 rings (SSSR count). The molecule has 172 valence electrons. The van der Waals surface area contributed by atoms with Crippen LogP contribution in [-0.2, 0) is 16.1 Å². The number of halogens is 1. The van der Waals surface area contributed by atoms with Crippen molar-refractivity contribution in [3.63, 3.8) is 0 Å². The summed E-state index contributed by atoms with van der Waals surface area (Å²) >= 11 is 0. The molecular formula is C26H34FN3O2. The van der Waals surface area contributed by atoms with Crippen LogP contribution in [0.5, 0.6) is 0 Å². The van der Waals surface area contributed by atoms with Crippen LogP contribution in [0.4, 0.5) is 4.39 Å². The lowest BCUT2D eigenvalue weighted by molar-refractivity contribution is -0.135. The number of carbonyl (C=O) groups excluding carboxylic acids is 2. The number of benzene rings is 1. The zero-order valence-electron chi connectivity index (χ0n) is 18.7. The van der Waals surface area contributed by atoms with Gasteiger partial charge in [-0.25, -0.2) is 4.39 Å². The highest BCUT2D eigenvalue weighted by molar-refractivity contribution is 5.90. The van der Waals surface area contributed by atoms with Crippen LogP contribution in [0.25, 0.3) is 0 Å². The van der Waals surface area contributed by atoms with Crippen molar-refractivity contribution < 1.29 is 14.0 Å². The number of hydrogen-bond donors (Lipinski definition) is 2. The smallest absolute Gasteiger partial charge is 0.224 e. The zero-order valence-corrected chi connectivity index (χ0v) is 18.7. The fourth-order valence-electron chi connectivity index (χ4n) is 6.41. The van der Waals surface area contributed by atoms with Gasteiger partial charge in [0.2, 0.25) is 11.8 Å². The summed E-state index contributed by atoms with van der Waals surface area (Å²) in [6.45, 7) is 4.57. The molecule has 0 aromatic heterocycles. The largest absolute Gasteiger partial charge is 0.356 e. The normalized spacial score (nSPS) is 29.5. The first-order valence-electron chi connectivity index (χ1n) is 12.3. The number of likely N-dealkylation sites (tertiary alicyclic amines) is 1. The second-order valence-corrected chi connectivity index (χ2v) is 10.1. The van der Waals surface area contributed by atoms with E-state index in [2.05, 4.69) is 27.7 Å². The van der Waals surface area contributed by atoms with Crippen LogP contribution < -0.4 is 10.6 Å². The first-order chi connectivity index (χ1) is 15.6. The zero-order chi connectivity index (χ0) is 22.1. The number of unbranched alkanes of at least 4 members (excludes halogenated alkanes) is 1. The van der Waals surface area contributed by atoms with Gasteiger partial charge < -0.3 is 15.5 Å². The molecule has 4 atom stereocenters. The van der Waals surface area contributed by atoms with Crippen molar-refractivity contribution >= 4 is 11.8 Å². The van der Waals surface area contributed by atoms with E-state index >= 15 is 0 Å². The first-order valence-corrected chi connectivity index (χ1v) is 12.3. The Morgan fingerprint density at radius 3 is 2.19 bits per heavy atom. The van der Waals surface area contributed by atoms with Crippen LogP contribution in [0.1, 0.15) is 44.1 Å². The molecule has 6 heteroatoms. The highest BCUT2D eigenvalue weighted by Crippen LogP contribution is 2.72. The summed E-state index contributed by atoms with van der Waals surface area (Å²) in [6.07, 6.45) is 11.3. The number of allylic oxidation sites excluding steroid dienone is 2. The molecule has 0 radical (unpaired) electrons. The maximum Gasteiger partial charge on any atom is 0.224 e. The molecule has 0 unspecified atom stereocenters. The molecule has 1 heterocycles. The minimum atomic E-state index is -0.308. The Kier molecular flexibility index (Phi) is 6.06. The number of nitrogens with one attached hydrogen (secondary N) is 2. The summed E-state index contributed by atoms with van der Waals surface area (Å²) in [7, 11) is 0. The van der Waals surface area contributed by atoms with E-state index in [1.54, 1.807) is 12.1 Å². The van der Waals surface area contributed by atoms with Gasteiger partial charge in [-0.05, 0) is 93.1 Å². The molecule has 32 heavy (non-hydrogen) atoms. The number of rotatable bonds is 9. The van der Waals surface area contributed by atoms with Crippen molar-refractivity contribution in [3.8, 4) is 0 Å². The van der Waals surface area contributed by atoms with Crippen LogP contribution in [0.15, 0.2) is 36.4 Å². The number of hydrogen-bond acceptors (Lipinski definition) is 3. The molecule has 2 N–H and O–H groups in total. The molecule has 5 nitrogen and oxygen atoms in total. The summed E-state index contributed by atoms with van der Waals surface area (Å²) < 4.78 is 13.2. The second kappa shape index (κ2) is 8.97. The Morgan fingerprint density at radius 1 is 0.938 bits per heavy atom.